The first kappa shape index (κ1) is 22.6. The van der Waals surface area contributed by atoms with E-state index in [1.165, 1.54) is 17.8 Å². The minimum Gasteiger partial charge on any atom is -0.497 e. The van der Waals surface area contributed by atoms with Crippen LogP contribution in [0.1, 0.15) is 5.56 Å². The fraction of sp³-hybridized carbons (Fsp3) is 0.167. The summed E-state index contributed by atoms with van der Waals surface area (Å²) in [6, 6.07) is 16.8. The Morgan fingerprint density at radius 1 is 0.758 bits per heavy atom. The van der Waals surface area contributed by atoms with Gasteiger partial charge in [0, 0.05) is 23.1 Å². The van der Waals surface area contributed by atoms with Crippen LogP contribution in [0.5, 0.6) is 17.2 Å². The lowest BCUT2D eigenvalue weighted by Gasteiger charge is -2.13. The molecule has 0 saturated carbocycles. The van der Waals surface area contributed by atoms with Crippen LogP contribution in [-0.2, 0) is 5.75 Å². The molecule has 0 radical (unpaired) electrons. The van der Waals surface area contributed by atoms with Gasteiger partial charge in [-0.1, -0.05) is 17.8 Å². The van der Waals surface area contributed by atoms with Gasteiger partial charge in [-0.2, -0.15) is 0 Å². The van der Waals surface area contributed by atoms with Gasteiger partial charge in [0.25, 0.3) is 0 Å². The molecule has 0 bridgehead atoms. The Hall–Kier alpha value is -3.59. The van der Waals surface area contributed by atoms with Gasteiger partial charge in [0.15, 0.2) is 22.6 Å². The van der Waals surface area contributed by atoms with E-state index in [1.807, 2.05) is 41.0 Å². The van der Waals surface area contributed by atoms with Gasteiger partial charge in [0.1, 0.15) is 17.2 Å². The predicted molar refractivity (Wildman–Crippen MR) is 122 cm³/mol. The third-order valence-electron chi connectivity index (χ3n) is 4.93. The van der Waals surface area contributed by atoms with Crippen molar-refractivity contribution in [2.75, 3.05) is 21.3 Å². The van der Waals surface area contributed by atoms with E-state index in [2.05, 4.69) is 10.2 Å². The molecule has 0 fully saturated rings. The van der Waals surface area contributed by atoms with Crippen LogP contribution in [-0.4, -0.2) is 36.1 Å². The number of aromatic nitrogens is 3. The lowest BCUT2D eigenvalue weighted by atomic mass is 10.1. The van der Waals surface area contributed by atoms with Crippen LogP contribution in [0.25, 0.3) is 17.1 Å². The summed E-state index contributed by atoms with van der Waals surface area (Å²) in [7, 11) is 4.76. The van der Waals surface area contributed by atoms with Gasteiger partial charge in [0.2, 0.25) is 0 Å². The molecular formula is C24H21F2N3O3S. The molecule has 0 amide bonds. The van der Waals surface area contributed by atoms with E-state index in [4.69, 9.17) is 14.2 Å². The molecule has 9 heteroatoms. The molecule has 3 aromatic carbocycles. The summed E-state index contributed by atoms with van der Waals surface area (Å²) in [5.41, 5.74) is 2.19. The number of nitrogens with zero attached hydrogens (tertiary/aromatic N) is 3. The van der Waals surface area contributed by atoms with Crippen molar-refractivity contribution in [3.63, 3.8) is 0 Å². The molecule has 4 rings (SSSR count). The van der Waals surface area contributed by atoms with Gasteiger partial charge in [-0.3, -0.25) is 4.57 Å². The Bertz CT molecular complexity index is 1240. The first-order valence-corrected chi connectivity index (χ1v) is 10.9. The van der Waals surface area contributed by atoms with Crippen LogP contribution in [0, 0.1) is 11.6 Å². The van der Waals surface area contributed by atoms with Crippen LogP contribution in [0.3, 0.4) is 0 Å². The van der Waals surface area contributed by atoms with Crippen molar-refractivity contribution in [1.82, 2.24) is 14.8 Å². The largest absolute Gasteiger partial charge is 0.497 e. The molecule has 0 unspecified atom stereocenters. The van der Waals surface area contributed by atoms with Gasteiger partial charge in [-0.25, -0.2) is 8.78 Å². The maximum Gasteiger partial charge on any atom is 0.196 e. The summed E-state index contributed by atoms with van der Waals surface area (Å²) in [5, 5.41) is 9.37. The van der Waals surface area contributed by atoms with E-state index < -0.39 is 11.6 Å². The number of hydrogen-bond acceptors (Lipinski definition) is 6. The summed E-state index contributed by atoms with van der Waals surface area (Å²) in [6.45, 7) is 0. The highest BCUT2D eigenvalue weighted by Gasteiger charge is 2.18. The van der Waals surface area contributed by atoms with Crippen molar-refractivity contribution < 1.29 is 23.0 Å². The van der Waals surface area contributed by atoms with Crippen LogP contribution in [0.15, 0.2) is 65.8 Å². The van der Waals surface area contributed by atoms with Crippen molar-refractivity contribution >= 4 is 11.8 Å². The number of rotatable bonds is 8. The Labute approximate surface area is 194 Å². The van der Waals surface area contributed by atoms with E-state index >= 15 is 0 Å². The number of hydrogen-bond donors (Lipinski definition) is 0. The lowest BCUT2D eigenvalue weighted by molar-refractivity contribution is 0.394. The number of halogens is 2. The smallest absolute Gasteiger partial charge is 0.196 e. The van der Waals surface area contributed by atoms with Crippen molar-refractivity contribution in [3.8, 4) is 34.3 Å². The second kappa shape index (κ2) is 9.91. The minimum atomic E-state index is -0.881. The molecule has 6 nitrogen and oxygen atoms in total. The summed E-state index contributed by atoms with van der Waals surface area (Å²) in [6.07, 6.45) is 0. The van der Waals surface area contributed by atoms with Gasteiger partial charge >= 0.3 is 0 Å². The van der Waals surface area contributed by atoms with Crippen molar-refractivity contribution in [1.29, 1.82) is 0 Å². The first-order chi connectivity index (χ1) is 16.0. The van der Waals surface area contributed by atoms with E-state index in [0.29, 0.717) is 39.5 Å². The summed E-state index contributed by atoms with van der Waals surface area (Å²) in [4.78, 5) is 0. The first-order valence-electron chi connectivity index (χ1n) is 9.92. The number of thioether (sulfide) groups is 1. The third kappa shape index (κ3) is 4.93. The number of benzene rings is 3. The highest BCUT2D eigenvalue weighted by Crippen LogP contribution is 2.34. The molecule has 0 N–H and O–H groups in total. The molecule has 0 aliphatic heterocycles. The molecule has 0 saturated heterocycles. The topological polar surface area (TPSA) is 58.4 Å². The zero-order valence-electron chi connectivity index (χ0n) is 18.2. The van der Waals surface area contributed by atoms with Gasteiger partial charge in [-0.05, 0) is 54.1 Å². The highest BCUT2D eigenvalue weighted by atomic mass is 32.2. The second-order valence-corrected chi connectivity index (χ2v) is 7.92. The monoisotopic (exact) mass is 469 g/mol. The number of ether oxygens (including phenoxy) is 3. The van der Waals surface area contributed by atoms with Gasteiger partial charge in [0.05, 0.1) is 21.3 Å². The zero-order chi connectivity index (χ0) is 23.4. The van der Waals surface area contributed by atoms with E-state index in [0.717, 1.165) is 17.3 Å². The van der Waals surface area contributed by atoms with Gasteiger partial charge in [-0.15, -0.1) is 10.2 Å². The SMILES string of the molecule is COc1ccc(-n2c(SCc3ccc(F)c(F)c3)nnc2-c2cc(OC)cc(OC)c2)cc1. The Kier molecular flexibility index (Phi) is 6.79. The third-order valence-corrected chi connectivity index (χ3v) is 5.93. The fourth-order valence-corrected chi connectivity index (χ4v) is 4.12. The van der Waals surface area contributed by atoms with E-state index in [-0.39, 0.29) is 0 Å². The Morgan fingerprint density at radius 2 is 1.42 bits per heavy atom. The predicted octanol–water partition coefficient (Wildman–Crippen LogP) is 5.53. The molecule has 1 heterocycles. The fourth-order valence-electron chi connectivity index (χ4n) is 3.23. The zero-order valence-corrected chi connectivity index (χ0v) is 19.0. The maximum absolute atomic E-state index is 13.6. The molecule has 0 aliphatic carbocycles. The Morgan fingerprint density at radius 3 is 2.03 bits per heavy atom. The quantitative estimate of drug-likeness (QED) is 0.316. The van der Waals surface area contributed by atoms with Crippen molar-refractivity contribution in [3.05, 3.63) is 77.9 Å². The van der Waals surface area contributed by atoms with E-state index in [9.17, 15) is 8.78 Å². The van der Waals surface area contributed by atoms with E-state index in [1.54, 1.807) is 33.5 Å². The van der Waals surface area contributed by atoms with Crippen LogP contribution >= 0.6 is 11.8 Å². The second-order valence-electron chi connectivity index (χ2n) is 6.98. The van der Waals surface area contributed by atoms with Crippen LogP contribution in [0.4, 0.5) is 8.78 Å². The van der Waals surface area contributed by atoms with Gasteiger partial charge < -0.3 is 14.2 Å². The summed E-state index contributed by atoms with van der Waals surface area (Å²) >= 11 is 1.36. The summed E-state index contributed by atoms with van der Waals surface area (Å²) in [5.74, 6) is 1.15. The highest BCUT2D eigenvalue weighted by molar-refractivity contribution is 7.98. The molecule has 0 atom stereocenters. The standard InChI is InChI=1S/C24H21F2N3O3S/c1-30-18-7-5-17(6-8-18)29-23(16-11-19(31-2)13-20(12-16)32-3)27-28-24(29)33-14-15-4-9-21(25)22(26)10-15/h4-13H,14H2,1-3H3. The average Bonchev–Trinajstić information content (AvgIpc) is 3.28. The molecule has 0 spiro atoms. The molecular weight excluding hydrogens is 448 g/mol. The Balaban J connectivity index is 1.77. The van der Waals surface area contributed by atoms with Crippen molar-refractivity contribution in [2.24, 2.45) is 0 Å². The molecule has 33 heavy (non-hydrogen) atoms. The number of methoxy groups -OCH3 is 3. The van der Waals surface area contributed by atoms with Crippen molar-refractivity contribution in [2.45, 2.75) is 10.9 Å². The molecule has 170 valence electrons. The minimum absolute atomic E-state index is 0.382. The van der Waals surface area contributed by atoms with Crippen LogP contribution < -0.4 is 14.2 Å². The normalized spacial score (nSPS) is 10.8. The average molecular weight is 470 g/mol. The summed E-state index contributed by atoms with van der Waals surface area (Å²) < 4.78 is 44.9. The van der Waals surface area contributed by atoms with Crippen LogP contribution in [0.2, 0.25) is 0 Å². The molecule has 4 aromatic rings. The maximum atomic E-state index is 13.6. The molecule has 1 aromatic heterocycles. The lowest BCUT2D eigenvalue weighted by Crippen LogP contribution is -2.01. The molecule has 0 aliphatic rings.